The van der Waals surface area contributed by atoms with Crippen LogP contribution in [0.1, 0.15) is 19.3 Å². The van der Waals surface area contributed by atoms with Gasteiger partial charge in [0.05, 0.1) is 18.1 Å². The van der Waals surface area contributed by atoms with Crippen LogP contribution in [0.15, 0.2) is 22.8 Å². The number of morpholine rings is 1. The van der Waals surface area contributed by atoms with E-state index in [0.29, 0.717) is 39.1 Å². The quantitative estimate of drug-likeness (QED) is 0.342. The summed E-state index contributed by atoms with van der Waals surface area (Å²) in [7, 11) is -3.93. The van der Waals surface area contributed by atoms with E-state index in [4.69, 9.17) is 17.0 Å². The smallest absolute Gasteiger partial charge is 0.267 e. The van der Waals surface area contributed by atoms with Gasteiger partial charge in [-0.05, 0) is 6.08 Å². The molecule has 0 spiro atoms. The van der Waals surface area contributed by atoms with Gasteiger partial charge in [-0.25, -0.2) is 8.42 Å². The van der Waals surface area contributed by atoms with Crippen LogP contribution in [0, 0.1) is 10.1 Å². The number of carbonyl (C=O) groups excluding carboxylic acids is 1. The number of nitrogens with zero attached hydrogens (tertiary/aromatic N) is 3. The van der Waals surface area contributed by atoms with E-state index in [1.165, 1.54) is 10.4 Å². The third-order valence-electron chi connectivity index (χ3n) is 6.01. The molecule has 3 fully saturated rings. The van der Waals surface area contributed by atoms with Crippen molar-refractivity contribution in [3.05, 3.63) is 32.9 Å². The highest BCUT2D eigenvalue weighted by Gasteiger charge is 2.41. The van der Waals surface area contributed by atoms with Gasteiger partial charge in [-0.2, -0.15) is 4.31 Å². The van der Waals surface area contributed by atoms with Gasteiger partial charge in [0.1, 0.15) is 10.7 Å². The van der Waals surface area contributed by atoms with E-state index in [1.807, 2.05) is 0 Å². The number of allylic oxidation sites excluding steroid dienone is 3. The monoisotopic (exact) mass is 456 g/mol. The minimum absolute atomic E-state index is 0.0280. The number of Topliss-reactive ketones (excluding diaryl/α,β-unsaturated/α-hetero) is 1. The highest BCUT2D eigenvalue weighted by atomic mass is 32.2. The third kappa shape index (κ3) is 4.25. The van der Waals surface area contributed by atoms with Crippen LogP contribution in [0.3, 0.4) is 0 Å². The summed E-state index contributed by atoms with van der Waals surface area (Å²) in [4.78, 5) is 24.7. The lowest BCUT2D eigenvalue weighted by Gasteiger charge is -2.47. The van der Waals surface area contributed by atoms with Crippen molar-refractivity contribution in [2.45, 2.75) is 37.4 Å². The van der Waals surface area contributed by atoms with Gasteiger partial charge in [0.15, 0.2) is 0 Å². The minimum atomic E-state index is -3.93. The molecular weight excluding hydrogens is 432 g/mol. The second-order valence-corrected chi connectivity index (χ2v) is 10.4. The molecule has 12 heteroatoms. The van der Waals surface area contributed by atoms with Gasteiger partial charge in [0, 0.05) is 74.5 Å². The van der Waals surface area contributed by atoms with Crippen molar-refractivity contribution < 1.29 is 22.9 Å². The first kappa shape index (κ1) is 21.7. The number of nitro groups is 1. The van der Waals surface area contributed by atoms with Crippen LogP contribution in [0.4, 0.5) is 0 Å². The highest BCUT2D eigenvalue weighted by Crippen LogP contribution is 2.28. The molecule has 1 N–H and O–H groups in total. The Morgan fingerprint density at radius 1 is 1.30 bits per heavy atom. The zero-order chi connectivity index (χ0) is 21.5. The van der Waals surface area contributed by atoms with Gasteiger partial charge in [-0.1, -0.05) is 12.2 Å². The van der Waals surface area contributed by atoms with E-state index in [9.17, 15) is 23.3 Å². The summed E-state index contributed by atoms with van der Waals surface area (Å²) in [5.41, 5.74) is -0.250. The molecule has 30 heavy (non-hydrogen) atoms. The number of piperazine rings is 1. The number of rotatable bonds is 5. The van der Waals surface area contributed by atoms with Crippen molar-refractivity contribution in [2.24, 2.45) is 0 Å². The molecule has 2 bridgehead atoms. The highest BCUT2D eigenvalue weighted by molar-refractivity contribution is 7.96. The molecular formula is C18H24N4O6S2. The Kier molecular flexibility index (Phi) is 6.15. The van der Waals surface area contributed by atoms with E-state index in [0.717, 1.165) is 6.08 Å². The molecule has 0 amide bonds. The van der Waals surface area contributed by atoms with Crippen molar-refractivity contribution >= 4 is 32.9 Å². The number of piperidine rings is 1. The molecule has 0 aromatic heterocycles. The predicted octanol–water partition coefficient (Wildman–Crippen LogP) is -0.160. The average Bonchev–Trinajstić information content (AvgIpc) is 2.69. The van der Waals surface area contributed by atoms with Gasteiger partial charge in [-0.15, -0.1) is 0 Å². The van der Waals surface area contributed by atoms with Gasteiger partial charge < -0.3 is 10.1 Å². The Bertz CT molecular complexity index is 915. The van der Waals surface area contributed by atoms with Crippen LogP contribution in [-0.4, -0.2) is 90.7 Å². The first-order valence-electron chi connectivity index (χ1n) is 9.94. The molecule has 2 unspecified atom stereocenters. The lowest BCUT2D eigenvalue weighted by molar-refractivity contribution is -0.419. The van der Waals surface area contributed by atoms with Crippen molar-refractivity contribution in [3.63, 3.8) is 0 Å². The molecule has 4 rings (SSSR count). The second kappa shape index (κ2) is 8.52. The van der Waals surface area contributed by atoms with Crippen LogP contribution in [0.5, 0.6) is 0 Å². The summed E-state index contributed by atoms with van der Waals surface area (Å²) >= 11 is 5.20. The van der Waals surface area contributed by atoms with Crippen LogP contribution in [0.25, 0.3) is 0 Å². The van der Waals surface area contributed by atoms with Crippen molar-refractivity contribution in [1.29, 1.82) is 0 Å². The molecule has 1 aliphatic carbocycles. The molecule has 3 aliphatic heterocycles. The maximum atomic E-state index is 13.2. The van der Waals surface area contributed by atoms with Crippen LogP contribution >= 0.6 is 12.2 Å². The van der Waals surface area contributed by atoms with Crippen molar-refractivity contribution in [3.8, 4) is 0 Å². The van der Waals surface area contributed by atoms with Crippen LogP contribution in [0.2, 0.25) is 0 Å². The molecule has 0 saturated carbocycles. The normalized spacial score (nSPS) is 31.3. The molecule has 0 radical (unpaired) electrons. The number of sulfonamides is 1. The zero-order valence-electron chi connectivity index (χ0n) is 16.4. The SMILES string of the molecule is O=C1CC2COCC(C1)N2C[C@H]1CN(S(=O)(=O)C2=CC([N+](=O)[O-])=CCC2=S)CCN1. The van der Waals surface area contributed by atoms with Gasteiger partial charge >= 0.3 is 0 Å². The zero-order valence-corrected chi connectivity index (χ0v) is 18.0. The first-order valence-corrected chi connectivity index (χ1v) is 11.8. The first-order chi connectivity index (χ1) is 14.3. The van der Waals surface area contributed by atoms with Crippen molar-refractivity contribution in [2.75, 3.05) is 39.4 Å². The molecule has 0 aromatic carbocycles. The maximum absolute atomic E-state index is 13.2. The Hall–Kier alpha value is -1.57. The van der Waals surface area contributed by atoms with E-state index in [1.54, 1.807) is 0 Å². The van der Waals surface area contributed by atoms with E-state index < -0.39 is 14.9 Å². The van der Waals surface area contributed by atoms with Gasteiger partial charge in [0.2, 0.25) is 10.0 Å². The minimum Gasteiger partial charge on any atom is -0.378 e. The average molecular weight is 457 g/mol. The Labute approximate surface area is 180 Å². The molecule has 3 heterocycles. The fourth-order valence-electron chi connectivity index (χ4n) is 4.54. The summed E-state index contributed by atoms with van der Waals surface area (Å²) in [6.45, 7) is 2.61. The van der Waals surface area contributed by atoms with Crippen molar-refractivity contribution in [1.82, 2.24) is 14.5 Å². The number of hydrogen-bond donors (Lipinski definition) is 1. The topological polar surface area (TPSA) is 122 Å². The number of hydrogen-bond acceptors (Lipinski definition) is 9. The summed E-state index contributed by atoms with van der Waals surface area (Å²) in [5, 5.41) is 14.5. The number of carbonyl (C=O) groups is 1. The summed E-state index contributed by atoms with van der Waals surface area (Å²) in [5.74, 6) is 0.248. The third-order valence-corrected chi connectivity index (χ3v) is 8.46. The lowest BCUT2D eigenvalue weighted by atomic mass is 9.92. The van der Waals surface area contributed by atoms with E-state index in [-0.39, 0.29) is 58.9 Å². The fourth-order valence-corrected chi connectivity index (χ4v) is 6.62. The van der Waals surface area contributed by atoms with Gasteiger partial charge in [0.25, 0.3) is 5.70 Å². The molecule has 3 atom stereocenters. The molecule has 10 nitrogen and oxygen atoms in total. The Morgan fingerprint density at radius 3 is 2.67 bits per heavy atom. The number of thiocarbonyl (C=S) groups is 1. The molecule has 4 aliphatic rings. The Balaban J connectivity index is 1.48. The summed E-state index contributed by atoms with van der Waals surface area (Å²) < 4.78 is 33.4. The Morgan fingerprint density at radius 2 is 2.00 bits per heavy atom. The number of nitrogens with one attached hydrogen (secondary N) is 1. The molecule has 0 aromatic rings. The second-order valence-electron chi connectivity index (χ2n) is 8.02. The number of fused-ring (bicyclic) bond motifs is 2. The summed E-state index contributed by atoms with van der Waals surface area (Å²) in [6.07, 6.45) is 3.39. The van der Waals surface area contributed by atoms with E-state index >= 15 is 0 Å². The van der Waals surface area contributed by atoms with Crippen LogP contribution < -0.4 is 5.32 Å². The lowest BCUT2D eigenvalue weighted by Crippen LogP contribution is -2.63. The standard InChI is InChI=1S/C18H24N4O6S2/c23-16-5-14-10-28-11-15(6-16)21(14)9-12-8-20(4-3-19-12)30(26,27)18-7-13(22(24)25)1-2-17(18)29/h1,7,12,14-15,19H,2-6,8-11H2/t12-,14?,15?/m1/s1. The summed E-state index contributed by atoms with van der Waals surface area (Å²) in [6, 6.07) is -0.0616. The number of ketones is 1. The maximum Gasteiger partial charge on any atom is 0.267 e. The molecule has 3 saturated heterocycles. The largest absolute Gasteiger partial charge is 0.378 e. The van der Waals surface area contributed by atoms with Gasteiger partial charge in [-0.3, -0.25) is 19.8 Å². The fraction of sp³-hybridized carbons (Fsp3) is 0.667. The molecule has 164 valence electrons. The van der Waals surface area contributed by atoms with Crippen LogP contribution in [-0.2, 0) is 19.6 Å². The van der Waals surface area contributed by atoms with E-state index in [2.05, 4.69) is 10.2 Å². The number of ether oxygens (including phenoxy) is 1. The predicted molar refractivity (Wildman–Crippen MR) is 112 cm³/mol.